The van der Waals surface area contributed by atoms with Crippen LogP contribution in [0.2, 0.25) is 0 Å². The molecule has 1 aromatic heterocycles. The monoisotopic (exact) mass is 326 g/mol. The zero-order valence-electron chi connectivity index (χ0n) is 13.7. The van der Waals surface area contributed by atoms with Crippen LogP contribution < -0.4 is 9.80 Å². The molecule has 1 aliphatic rings. The molecule has 0 bridgehead atoms. The Morgan fingerprint density at radius 1 is 1.27 bits per heavy atom. The van der Waals surface area contributed by atoms with Crippen molar-refractivity contribution >= 4 is 21.6 Å². The number of sulfone groups is 1. The highest BCUT2D eigenvalue weighted by molar-refractivity contribution is 7.91. The molecule has 1 unspecified atom stereocenters. The van der Waals surface area contributed by atoms with Gasteiger partial charge < -0.3 is 9.80 Å². The molecule has 0 saturated carbocycles. The van der Waals surface area contributed by atoms with Gasteiger partial charge in [-0.25, -0.2) is 13.4 Å². The molecule has 1 atom stereocenters. The molecule has 0 aromatic carbocycles. The van der Waals surface area contributed by atoms with Crippen LogP contribution in [0, 0.1) is 0 Å². The normalized spacial score (nSPS) is 20.0. The Hall–Kier alpha value is -1.37. The van der Waals surface area contributed by atoms with Crippen molar-refractivity contribution < 1.29 is 8.42 Å². The number of hydrogen-bond acceptors (Lipinski definition) is 6. The van der Waals surface area contributed by atoms with Crippen LogP contribution in [-0.2, 0) is 9.84 Å². The molecule has 0 amide bonds. The zero-order chi connectivity index (χ0) is 16.2. The van der Waals surface area contributed by atoms with Gasteiger partial charge in [0.1, 0.15) is 5.82 Å². The van der Waals surface area contributed by atoms with Gasteiger partial charge in [0.05, 0.1) is 11.5 Å². The Morgan fingerprint density at radius 3 is 2.50 bits per heavy atom. The topological polar surface area (TPSA) is 66.4 Å². The van der Waals surface area contributed by atoms with Gasteiger partial charge in [-0.1, -0.05) is 13.8 Å². The molecule has 124 valence electrons. The van der Waals surface area contributed by atoms with E-state index in [-0.39, 0.29) is 17.5 Å². The van der Waals surface area contributed by atoms with Crippen LogP contribution in [0.1, 0.15) is 33.1 Å². The van der Waals surface area contributed by atoms with E-state index in [1.807, 2.05) is 18.0 Å². The van der Waals surface area contributed by atoms with Gasteiger partial charge in [-0.2, -0.15) is 4.98 Å². The average molecular weight is 326 g/mol. The third-order valence-electron chi connectivity index (χ3n) is 4.01. The molecular weight excluding hydrogens is 300 g/mol. The van der Waals surface area contributed by atoms with Crippen molar-refractivity contribution in [2.24, 2.45) is 0 Å². The molecule has 7 heteroatoms. The van der Waals surface area contributed by atoms with Crippen molar-refractivity contribution in [2.75, 3.05) is 41.4 Å². The molecule has 1 saturated heterocycles. The summed E-state index contributed by atoms with van der Waals surface area (Å²) in [5.41, 5.74) is 0. The summed E-state index contributed by atoms with van der Waals surface area (Å²) in [6.45, 7) is 6.23. The van der Waals surface area contributed by atoms with Crippen molar-refractivity contribution in [1.29, 1.82) is 0 Å². The maximum Gasteiger partial charge on any atom is 0.227 e. The van der Waals surface area contributed by atoms with Crippen molar-refractivity contribution in [2.45, 2.75) is 39.2 Å². The molecule has 0 N–H and O–H groups in total. The summed E-state index contributed by atoms with van der Waals surface area (Å²) < 4.78 is 23.3. The van der Waals surface area contributed by atoms with E-state index in [0.717, 1.165) is 31.7 Å². The maximum atomic E-state index is 11.6. The van der Waals surface area contributed by atoms with Crippen molar-refractivity contribution in [3.8, 4) is 0 Å². The van der Waals surface area contributed by atoms with E-state index in [9.17, 15) is 8.42 Å². The average Bonchev–Trinajstić information content (AvgIpc) is 2.86. The highest BCUT2D eigenvalue weighted by Gasteiger charge is 2.31. The molecule has 2 rings (SSSR count). The second kappa shape index (κ2) is 7.26. The van der Waals surface area contributed by atoms with Crippen LogP contribution in [0.3, 0.4) is 0 Å². The summed E-state index contributed by atoms with van der Waals surface area (Å²) in [7, 11) is -1.02. The molecule has 0 spiro atoms. The lowest BCUT2D eigenvalue weighted by molar-refractivity contribution is 0.600. The third-order valence-corrected chi connectivity index (χ3v) is 5.76. The summed E-state index contributed by atoms with van der Waals surface area (Å²) in [5, 5.41) is 0. The standard InChI is InChI=1S/C15H26N4O2S/c1-4-9-19(10-5-2)14-6-8-16-15(17-14)18(3)13-7-11-22(20,21)12-13/h6,8,13H,4-5,7,9-12H2,1-3H3. The van der Waals surface area contributed by atoms with Crippen LogP contribution in [-0.4, -0.2) is 56.1 Å². The first-order valence-corrected chi connectivity index (χ1v) is 9.80. The van der Waals surface area contributed by atoms with Gasteiger partial charge in [0.15, 0.2) is 9.84 Å². The van der Waals surface area contributed by atoms with Crippen molar-refractivity contribution in [3.63, 3.8) is 0 Å². The first kappa shape index (κ1) is 17.0. The molecule has 6 nitrogen and oxygen atoms in total. The summed E-state index contributed by atoms with van der Waals surface area (Å²) in [4.78, 5) is 13.1. The van der Waals surface area contributed by atoms with Gasteiger partial charge in [0.2, 0.25) is 5.95 Å². The van der Waals surface area contributed by atoms with Crippen LogP contribution >= 0.6 is 0 Å². The fourth-order valence-electron chi connectivity index (χ4n) is 2.81. The van der Waals surface area contributed by atoms with E-state index in [0.29, 0.717) is 12.4 Å². The largest absolute Gasteiger partial charge is 0.356 e. The number of hydrogen-bond donors (Lipinski definition) is 0. The van der Waals surface area contributed by atoms with Crippen LogP contribution in [0.25, 0.3) is 0 Å². The summed E-state index contributed by atoms with van der Waals surface area (Å²) >= 11 is 0. The predicted molar refractivity (Wildman–Crippen MR) is 90.3 cm³/mol. The molecule has 0 aliphatic carbocycles. The molecule has 1 fully saturated rings. The molecule has 0 radical (unpaired) electrons. The van der Waals surface area contributed by atoms with Gasteiger partial charge in [-0.05, 0) is 25.3 Å². The van der Waals surface area contributed by atoms with E-state index < -0.39 is 9.84 Å². The Balaban J connectivity index is 2.16. The van der Waals surface area contributed by atoms with Gasteiger partial charge in [-0.3, -0.25) is 0 Å². The summed E-state index contributed by atoms with van der Waals surface area (Å²) in [5.74, 6) is 1.99. The number of nitrogens with zero attached hydrogens (tertiary/aromatic N) is 4. The predicted octanol–water partition coefficient (Wildman–Crippen LogP) is 1.73. The molecule has 1 aromatic rings. The lowest BCUT2D eigenvalue weighted by atomic mass is 10.2. The van der Waals surface area contributed by atoms with Crippen LogP contribution in [0.5, 0.6) is 0 Å². The second-order valence-corrected chi connectivity index (χ2v) is 8.10. The molecule has 22 heavy (non-hydrogen) atoms. The van der Waals surface area contributed by atoms with Gasteiger partial charge in [0, 0.05) is 32.4 Å². The maximum absolute atomic E-state index is 11.6. The minimum atomic E-state index is -2.90. The van der Waals surface area contributed by atoms with Gasteiger partial charge in [-0.15, -0.1) is 0 Å². The Morgan fingerprint density at radius 2 is 1.95 bits per heavy atom. The van der Waals surface area contributed by atoms with E-state index in [1.165, 1.54) is 0 Å². The van der Waals surface area contributed by atoms with E-state index in [4.69, 9.17) is 0 Å². The fraction of sp³-hybridized carbons (Fsp3) is 0.733. The summed E-state index contributed by atoms with van der Waals surface area (Å²) in [6.07, 6.45) is 4.54. The van der Waals surface area contributed by atoms with Crippen LogP contribution in [0.15, 0.2) is 12.3 Å². The minimum Gasteiger partial charge on any atom is -0.356 e. The van der Waals surface area contributed by atoms with E-state index >= 15 is 0 Å². The first-order chi connectivity index (χ1) is 10.5. The SMILES string of the molecule is CCCN(CCC)c1ccnc(N(C)C2CCS(=O)(=O)C2)n1. The lowest BCUT2D eigenvalue weighted by Gasteiger charge is -2.26. The lowest BCUT2D eigenvalue weighted by Crippen LogP contribution is -2.34. The van der Waals surface area contributed by atoms with Gasteiger partial charge in [0.25, 0.3) is 0 Å². The highest BCUT2D eigenvalue weighted by Crippen LogP contribution is 2.22. The van der Waals surface area contributed by atoms with E-state index in [1.54, 1.807) is 6.20 Å². The Kier molecular flexibility index (Phi) is 5.61. The third kappa shape index (κ3) is 4.09. The molecule has 1 aliphatic heterocycles. The number of rotatable bonds is 7. The molecule has 2 heterocycles. The molecular formula is C15H26N4O2S. The minimum absolute atomic E-state index is 0.0222. The van der Waals surface area contributed by atoms with E-state index in [2.05, 4.69) is 28.7 Å². The zero-order valence-corrected chi connectivity index (χ0v) is 14.5. The first-order valence-electron chi connectivity index (χ1n) is 7.98. The summed E-state index contributed by atoms with van der Waals surface area (Å²) in [6, 6.07) is 1.90. The number of anilines is 2. The Labute approximate surface area is 133 Å². The quantitative estimate of drug-likeness (QED) is 0.760. The smallest absolute Gasteiger partial charge is 0.227 e. The Bertz CT molecular complexity index is 585. The second-order valence-electron chi connectivity index (χ2n) is 5.87. The number of aromatic nitrogens is 2. The van der Waals surface area contributed by atoms with Crippen LogP contribution in [0.4, 0.5) is 11.8 Å². The fourth-order valence-corrected chi connectivity index (χ4v) is 4.58. The van der Waals surface area contributed by atoms with Crippen molar-refractivity contribution in [1.82, 2.24) is 9.97 Å². The van der Waals surface area contributed by atoms with Crippen molar-refractivity contribution in [3.05, 3.63) is 12.3 Å². The van der Waals surface area contributed by atoms with Gasteiger partial charge >= 0.3 is 0 Å². The highest BCUT2D eigenvalue weighted by atomic mass is 32.2.